The molecule has 0 heterocycles. The molecule has 0 fully saturated rings. The molecule has 0 aliphatic rings. The molecule has 0 aromatic heterocycles. The van der Waals surface area contributed by atoms with Crippen LogP contribution in [0.1, 0.15) is 31.7 Å². The van der Waals surface area contributed by atoms with E-state index in [1.54, 1.807) is 0 Å². The SMILES string of the molecule is CCCC(CBr)COCCCc1ccccc1. The van der Waals surface area contributed by atoms with Crippen LogP contribution in [0.2, 0.25) is 0 Å². The molecule has 17 heavy (non-hydrogen) atoms. The largest absolute Gasteiger partial charge is 0.381 e. The molecule has 0 saturated carbocycles. The van der Waals surface area contributed by atoms with Gasteiger partial charge in [-0.3, -0.25) is 0 Å². The highest BCUT2D eigenvalue weighted by molar-refractivity contribution is 9.09. The second kappa shape index (κ2) is 9.67. The Kier molecular flexibility index (Phi) is 8.37. The first-order valence-corrected chi connectivity index (χ1v) is 7.66. The fourth-order valence-electron chi connectivity index (χ4n) is 1.89. The van der Waals surface area contributed by atoms with Crippen LogP contribution in [0.3, 0.4) is 0 Å². The van der Waals surface area contributed by atoms with Crippen molar-refractivity contribution in [3.63, 3.8) is 0 Å². The molecular formula is C15H23BrO. The van der Waals surface area contributed by atoms with E-state index in [1.807, 2.05) is 0 Å². The smallest absolute Gasteiger partial charge is 0.0502 e. The molecule has 1 rings (SSSR count). The Morgan fingerprint density at radius 1 is 1.24 bits per heavy atom. The van der Waals surface area contributed by atoms with Crippen LogP contribution in [-0.2, 0) is 11.2 Å². The number of aryl methyl sites for hydroxylation is 1. The molecule has 0 N–H and O–H groups in total. The average Bonchev–Trinajstić information content (AvgIpc) is 2.38. The Balaban J connectivity index is 2.04. The molecule has 2 heteroatoms. The zero-order valence-corrected chi connectivity index (χ0v) is 12.3. The standard InChI is InChI=1S/C15H23BrO/c1-2-7-15(12-16)13-17-11-6-10-14-8-4-3-5-9-14/h3-5,8-9,15H,2,6-7,10-13H2,1H3. The van der Waals surface area contributed by atoms with Gasteiger partial charge in [0.2, 0.25) is 0 Å². The van der Waals surface area contributed by atoms with Gasteiger partial charge in [0.25, 0.3) is 0 Å². The summed E-state index contributed by atoms with van der Waals surface area (Å²) in [7, 11) is 0. The minimum atomic E-state index is 0.678. The first-order valence-electron chi connectivity index (χ1n) is 6.54. The van der Waals surface area contributed by atoms with Crippen LogP contribution in [-0.4, -0.2) is 18.5 Å². The summed E-state index contributed by atoms with van der Waals surface area (Å²) in [5.41, 5.74) is 1.40. The summed E-state index contributed by atoms with van der Waals surface area (Å²) < 4.78 is 5.73. The summed E-state index contributed by atoms with van der Waals surface area (Å²) in [6.45, 7) is 4.00. The Morgan fingerprint density at radius 2 is 2.00 bits per heavy atom. The van der Waals surface area contributed by atoms with Gasteiger partial charge < -0.3 is 4.74 Å². The van der Waals surface area contributed by atoms with Crippen molar-refractivity contribution in [2.24, 2.45) is 5.92 Å². The van der Waals surface area contributed by atoms with Gasteiger partial charge in [0, 0.05) is 11.9 Å². The molecular weight excluding hydrogens is 276 g/mol. The molecule has 0 bridgehead atoms. The maximum absolute atomic E-state index is 5.73. The molecule has 0 spiro atoms. The fraction of sp³-hybridized carbons (Fsp3) is 0.600. The van der Waals surface area contributed by atoms with Crippen molar-refractivity contribution in [1.82, 2.24) is 0 Å². The molecule has 1 unspecified atom stereocenters. The van der Waals surface area contributed by atoms with E-state index in [0.717, 1.165) is 31.4 Å². The van der Waals surface area contributed by atoms with Crippen molar-refractivity contribution in [2.45, 2.75) is 32.6 Å². The van der Waals surface area contributed by atoms with E-state index >= 15 is 0 Å². The average molecular weight is 299 g/mol. The predicted molar refractivity (Wildman–Crippen MR) is 77.8 cm³/mol. The van der Waals surface area contributed by atoms with Crippen LogP contribution >= 0.6 is 15.9 Å². The third-order valence-electron chi connectivity index (χ3n) is 2.87. The first kappa shape index (κ1) is 14.7. The zero-order chi connectivity index (χ0) is 12.3. The molecule has 1 aromatic rings. The second-order valence-electron chi connectivity index (χ2n) is 4.47. The van der Waals surface area contributed by atoms with Gasteiger partial charge in [-0.05, 0) is 30.7 Å². The number of rotatable bonds is 9. The molecule has 0 aliphatic carbocycles. The minimum absolute atomic E-state index is 0.678. The Hall–Kier alpha value is -0.340. The lowest BCUT2D eigenvalue weighted by molar-refractivity contribution is 0.102. The van der Waals surface area contributed by atoms with Crippen molar-refractivity contribution in [3.8, 4) is 0 Å². The van der Waals surface area contributed by atoms with Gasteiger partial charge >= 0.3 is 0 Å². The molecule has 0 aliphatic heterocycles. The molecule has 1 nitrogen and oxygen atoms in total. The molecule has 0 saturated heterocycles. The van der Waals surface area contributed by atoms with Crippen LogP contribution in [0.25, 0.3) is 0 Å². The van der Waals surface area contributed by atoms with E-state index in [9.17, 15) is 0 Å². The monoisotopic (exact) mass is 298 g/mol. The van der Waals surface area contributed by atoms with Gasteiger partial charge in [-0.25, -0.2) is 0 Å². The number of alkyl halides is 1. The number of benzene rings is 1. The maximum atomic E-state index is 5.73. The van der Waals surface area contributed by atoms with Gasteiger partial charge in [-0.1, -0.05) is 59.6 Å². The van der Waals surface area contributed by atoms with Gasteiger partial charge in [-0.15, -0.1) is 0 Å². The van der Waals surface area contributed by atoms with E-state index < -0.39 is 0 Å². The Morgan fingerprint density at radius 3 is 2.65 bits per heavy atom. The normalized spacial score (nSPS) is 12.6. The zero-order valence-electron chi connectivity index (χ0n) is 10.7. The lowest BCUT2D eigenvalue weighted by Gasteiger charge is -2.13. The van der Waals surface area contributed by atoms with Gasteiger partial charge in [0.15, 0.2) is 0 Å². The van der Waals surface area contributed by atoms with Crippen LogP contribution in [0.15, 0.2) is 30.3 Å². The summed E-state index contributed by atoms with van der Waals surface area (Å²) in [5, 5.41) is 1.06. The van der Waals surface area contributed by atoms with Gasteiger partial charge in [0.05, 0.1) is 6.61 Å². The number of hydrogen-bond donors (Lipinski definition) is 0. The van der Waals surface area contributed by atoms with E-state index in [-0.39, 0.29) is 0 Å². The number of halogens is 1. The topological polar surface area (TPSA) is 9.23 Å². The lowest BCUT2D eigenvalue weighted by atomic mass is 10.1. The molecule has 96 valence electrons. The Bertz CT molecular complexity index is 274. The van der Waals surface area contributed by atoms with Crippen LogP contribution in [0.5, 0.6) is 0 Å². The molecule has 1 atom stereocenters. The minimum Gasteiger partial charge on any atom is -0.381 e. The lowest BCUT2D eigenvalue weighted by Crippen LogP contribution is -2.11. The third-order valence-corrected chi connectivity index (χ3v) is 3.78. The third kappa shape index (κ3) is 6.85. The van der Waals surface area contributed by atoms with Crippen LogP contribution in [0.4, 0.5) is 0 Å². The van der Waals surface area contributed by atoms with E-state index in [2.05, 4.69) is 53.2 Å². The van der Waals surface area contributed by atoms with Crippen molar-refractivity contribution in [1.29, 1.82) is 0 Å². The van der Waals surface area contributed by atoms with E-state index in [1.165, 1.54) is 18.4 Å². The van der Waals surface area contributed by atoms with E-state index in [0.29, 0.717) is 5.92 Å². The van der Waals surface area contributed by atoms with Gasteiger partial charge in [0.1, 0.15) is 0 Å². The summed E-state index contributed by atoms with van der Waals surface area (Å²) in [6, 6.07) is 10.6. The highest BCUT2D eigenvalue weighted by Crippen LogP contribution is 2.10. The van der Waals surface area contributed by atoms with Crippen molar-refractivity contribution < 1.29 is 4.74 Å². The molecule has 1 aromatic carbocycles. The summed E-state index contributed by atoms with van der Waals surface area (Å²) in [5.74, 6) is 0.678. The highest BCUT2D eigenvalue weighted by Gasteiger charge is 2.05. The maximum Gasteiger partial charge on any atom is 0.0502 e. The second-order valence-corrected chi connectivity index (χ2v) is 5.12. The highest BCUT2D eigenvalue weighted by atomic mass is 79.9. The Labute approximate surface area is 114 Å². The fourth-order valence-corrected chi connectivity index (χ4v) is 2.40. The van der Waals surface area contributed by atoms with E-state index in [4.69, 9.17) is 4.74 Å². The summed E-state index contributed by atoms with van der Waals surface area (Å²) >= 11 is 3.54. The number of hydrogen-bond acceptors (Lipinski definition) is 1. The van der Waals surface area contributed by atoms with Crippen molar-refractivity contribution >= 4 is 15.9 Å². The predicted octanol–water partition coefficient (Wildman–Crippen LogP) is 4.45. The van der Waals surface area contributed by atoms with Crippen molar-refractivity contribution in [2.75, 3.05) is 18.5 Å². The quantitative estimate of drug-likeness (QED) is 0.483. The summed E-state index contributed by atoms with van der Waals surface area (Å²) in [4.78, 5) is 0. The molecule has 0 radical (unpaired) electrons. The van der Waals surface area contributed by atoms with Crippen molar-refractivity contribution in [3.05, 3.63) is 35.9 Å². The number of ether oxygens (including phenoxy) is 1. The van der Waals surface area contributed by atoms with Gasteiger partial charge in [-0.2, -0.15) is 0 Å². The summed E-state index contributed by atoms with van der Waals surface area (Å²) in [6.07, 6.45) is 4.73. The van der Waals surface area contributed by atoms with Crippen LogP contribution in [0, 0.1) is 5.92 Å². The van der Waals surface area contributed by atoms with Crippen LogP contribution < -0.4 is 0 Å². The molecule has 0 amide bonds. The first-order chi connectivity index (χ1) is 8.36.